The highest BCUT2D eigenvalue weighted by Gasteiger charge is 2.15. The molecule has 0 fully saturated rings. The van der Waals surface area contributed by atoms with E-state index in [0.29, 0.717) is 11.4 Å². The van der Waals surface area contributed by atoms with Crippen LogP contribution in [-0.2, 0) is 0 Å². The summed E-state index contributed by atoms with van der Waals surface area (Å²) >= 11 is 3.51. The number of benzene rings is 1. The number of para-hydroxylation sites is 1. The largest absolute Gasteiger partial charge is 0.369 e. The van der Waals surface area contributed by atoms with E-state index in [1.165, 1.54) is 6.33 Å². The first-order valence-electron chi connectivity index (χ1n) is 6.16. The van der Waals surface area contributed by atoms with Crippen molar-refractivity contribution in [3.8, 4) is 6.07 Å². The summed E-state index contributed by atoms with van der Waals surface area (Å²) < 4.78 is 0.775. The summed E-state index contributed by atoms with van der Waals surface area (Å²) in [6.45, 7) is 2.77. The first-order chi connectivity index (χ1) is 9.69. The van der Waals surface area contributed by atoms with E-state index in [-0.39, 0.29) is 0 Å². The molecule has 20 heavy (non-hydrogen) atoms. The fourth-order valence-corrected chi connectivity index (χ4v) is 2.47. The average Bonchev–Trinajstić information content (AvgIpc) is 2.49. The molecule has 0 saturated carbocycles. The van der Waals surface area contributed by atoms with Gasteiger partial charge in [-0.2, -0.15) is 5.26 Å². The van der Waals surface area contributed by atoms with Crippen LogP contribution in [-0.4, -0.2) is 23.6 Å². The van der Waals surface area contributed by atoms with Gasteiger partial charge in [0, 0.05) is 13.6 Å². The molecule has 0 aliphatic carbocycles. The van der Waals surface area contributed by atoms with Crippen LogP contribution in [0.5, 0.6) is 0 Å². The third kappa shape index (κ3) is 2.73. The Bertz CT molecular complexity index is 650. The third-order valence-corrected chi connectivity index (χ3v) is 3.55. The first-order valence-corrected chi connectivity index (χ1v) is 6.95. The van der Waals surface area contributed by atoms with Crippen molar-refractivity contribution in [1.29, 1.82) is 5.26 Å². The monoisotopic (exact) mass is 331 g/mol. The second-order valence-electron chi connectivity index (χ2n) is 4.08. The lowest BCUT2D eigenvalue weighted by atomic mass is 10.2. The van der Waals surface area contributed by atoms with Gasteiger partial charge in [0.15, 0.2) is 5.82 Å². The smallest absolute Gasteiger partial charge is 0.152 e. The Morgan fingerprint density at radius 1 is 1.35 bits per heavy atom. The predicted molar refractivity (Wildman–Crippen MR) is 83.1 cm³/mol. The molecule has 1 aromatic carbocycles. The lowest BCUT2D eigenvalue weighted by molar-refractivity contribution is 1.05. The molecule has 1 N–H and O–H groups in total. The van der Waals surface area contributed by atoms with Gasteiger partial charge in [0.2, 0.25) is 0 Å². The Labute approximate surface area is 126 Å². The van der Waals surface area contributed by atoms with Crippen molar-refractivity contribution in [2.45, 2.75) is 6.92 Å². The molecule has 102 valence electrons. The van der Waals surface area contributed by atoms with Gasteiger partial charge in [0.25, 0.3) is 0 Å². The highest BCUT2D eigenvalue weighted by molar-refractivity contribution is 9.10. The minimum Gasteiger partial charge on any atom is -0.369 e. The van der Waals surface area contributed by atoms with Gasteiger partial charge in [0.1, 0.15) is 22.7 Å². The van der Waals surface area contributed by atoms with Gasteiger partial charge in [-0.15, -0.1) is 0 Å². The molecule has 1 heterocycles. The number of nitrogens with zero attached hydrogens (tertiary/aromatic N) is 4. The van der Waals surface area contributed by atoms with Crippen LogP contribution >= 0.6 is 15.9 Å². The topological polar surface area (TPSA) is 64.8 Å². The van der Waals surface area contributed by atoms with E-state index in [4.69, 9.17) is 0 Å². The molecule has 1 aromatic heterocycles. The standard InChI is InChI=1S/C14H14BrN5/c1-3-17-13-12(15)14(19-9-18-13)20(2)11-7-5-4-6-10(11)8-16/h4-7,9H,3H2,1-2H3,(H,17,18,19). The fourth-order valence-electron chi connectivity index (χ4n) is 1.86. The number of rotatable bonds is 4. The molecule has 0 atom stereocenters. The Kier molecular flexibility index (Phi) is 4.53. The number of anilines is 3. The Hall–Kier alpha value is -2.13. The van der Waals surface area contributed by atoms with E-state index in [9.17, 15) is 5.26 Å². The summed E-state index contributed by atoms with van der Waals surface area (Å²) in [5.74, 6) is 1.44. The number of nitriles is 1. The van der Waals surface area contributed by atoms with Gasteiger partial charge in [-0.1, -0.05) is 12.1 Å². The van der Waals surface area contributed by atoms with Crippen molar-refractivity contribution in [3.63, 3.8) is 0 Å². The van der Waals surface area contributed by atoms with E-state index in [1.54, 1.807) is 6.07 Å². The summed E-state index contributed by atoms with van der Waals surface area (Å²) in [7, 11) is 1.87. The molecule has 2 aromatic rings. The van der Waals surface area contributed by atoms with Gasteiger partial charge < -0.3 is 10.2 Å². The normalized spacial score (nSPS) is 9.90. The molecule has 0 amide bonds. The molecule has 0 bridgehead atoms. The van der Waals surface area contributed by atoms with Gasteiger partial charge in [-0.05, 0) is 35.0 Å². The molecule has 6 heteroatoms. The maximum Gasteiger partial charge on any atom is 0.152 e. The van der Waals surface area contributed by atoms with E-state index in [1.807, 2.05) is 37.1 Å². The Morgan fingerprint density at radius 3 is 2.80 bits per heavy atom. The van der Waals surface area contributed by atoms with Crippen LogP contribution in [0.25, 0.3) is 0 Å². The molecular weight excluding hydrogens is 318 g/mol. The zero-order valence-corrected chi connectivity index (χ0v) is 12.8. The minimum atomic E-state index is 0.602. The van der Waals surface area contributed by atoms with Gasteiger partial charge in [0.05, 0.1) is 11.3 Å². The summed E-state index contributed by atoms with van der Waals surface area (Å²) in [6, 6.07) is 9.60. The summed E-state index contributed by atoms with van der Waals surface area (Å²) in [6.07, 6.45) is 1.50. The van der Waals surface area contributed by atoms with Crippen molar-refractivity contribution < 1.29 is 0 Å². The molecule has 0 aliphatic rings. The zero-order valence-electron chi connectivity index (χ0n) is 11.3. The maximum atomic E-state index is 9.19. The SMILES string of the molecule is CCNc1ncnc(N(C)c2ccccc2C#N)c1Br. The molecule has 0 spiro atoms. The number of nitrogens with one attached hydrogen (secondary N) is 1. The highest BCUT2D eigenvalue weighted by Crippen LogP contribution is 2.33. The lowest BCUT2D eigenvalue weighted by Crippen LogP contribution is -2.14. The van der Waals surface area contributed by atoms with Crippen molar-refractivity contribution >= 4 is 33.3 Å². The molecule has 2 rings (SSSR count). The maximum absolute atomic E-state index is 9.19. The highest BCUT2D eigenvalue weighted by atomic mass is 79.9. The Balaban J connectivity index is 2.46. The summed E-state index contributed by atoms with van der Waals surface area (Å²) in [4.78, 5) is 10.3. The first kappa shape index (κ1) is 14.3. The molecule has 0 saturated heterocycles. The van der Waals surface area contributed by atoms with Crippen molar-refractivity contribution in [3.05, 3.63) is 40.6 Å². The van der Waals surface area contributed by atoms with Crippen LogP contribution in [0.4, 0.5) is 17.3 Å². The Morgan fingerprint density at radius 2 is 2.10 bits per heavy atom. The molecule has 5 nitrogen and oxygen atoms in total. The number of hydrogen-bond acceptors (Lipinski definition) is 5. The van der Waals surface area contributed by atoms with Crippen LogP contribution in [0.3, 0.4) is 0 Å². The van der Waals surface area contributed by atoms with Crippen LogP contribution in [0.15, 0.2) is 35.1 Å². The molecule has 0 radical (unpaired) electrons. The summed E-state index contributed by atoms with van der Waals surface area (Å²) in [5.41, 5.74) is 1.40. The van der Waals surface area contributed by atoms with Crippen molar-refractivity contribution in [1.82, 2.24) is 9.97 Å². The second kappa shape index (κ2) is 6.35. The third-order valence-electron chi connectivity index (χ3n) is 2.82. The number of aromatic nitrogens is 2. The fraction of sp³-hybridized carbons (Fsp3) is 0.214. The van der Waals surface area contributed by atoms with Crippen LogP contribution in [0.1, 0.15) is 12.5 Å². The van der Waals surface area contributed by atoms with E-state index < -0.39 is 0 Å². The van der Waals surface area contributed by atoms with Crippen LogP contribution in [0.2, 0.25) is 0 Å². The lowest BCUT2D eigenvalue weighted by Gasteiger charge is -2.21. The summed E-state index contributed by atoms with van der Waals surface area (Å²) in [5, 5.41) is 12.4. The predicted octanol–water partition coefficient (Wildman–Crippen LogP) is 3.31. The quantitative estimate of drug-likeness (QED) is 0.930. The van der Waals surface area contributed by atoms with Gasteiger partial charge >= 0.3 is 0 Å². The van der Waals surface area contributed by atoms with Gasteiger partial charge in [-0.25, -0.2) is 9.97 Å². The average molecular weight is 332 g/mol. The molecule has 0 aliphatic heterocycles. The second-order valence-corrected chi connectivity index (χ2v) is 4.87. The van der Waals surface area contributed by atoms with E-state index in [2.05, 4.69) is 37.3 Å². The van der Waals surface area contributed by atoms with Crippen LogP contribution in [0, 0.1) is 11.3 Å². The van der Waals surface area contributed by atoms with Crippen molar-refractivity contribution in [2.24, 2.45) is 0 Å². The van der Waals surface area contributed by atoms with Crippen LogP contribution < -0.4 is 10.2 Å². The zero-order chi connectivity index (χ0) is 14.5. The van der Waals surface area contributed by atoms with Gasteiger partial charge in [-0.3, -0.25) is 0 Å². The minimum absolute atomic E-state index is 0.602. The number of hydrogen-bond donors (Lipinski definition) is 1. The van der Waals surface area contributed by atoms with Crippen molar-refractivity contribution in [2.75, 3.05) is 23.8 Å². The van der Waals surface area contributed by atoms with E-state index >= 15 is 0 Å². The van der Waals surface area contributed by atoms with E-state index in [0.717, 1.165) is 22.5 Å². The number of halogens is 1. The molecule has 0 unspecified atom stereocenters. The molecular formula is C14H14BrN5.